The Morgan fingerprint density at radius 2 is 2.15 bits per heavy atom. The zero-order valence-electron chi connectivity index (χ0n) is 14.7. The first-order chi connectivity index (χ1) is 12.6. The quantitative estimate of drug-likeness (QED) is 0.503. The lowest BCUT2D eigenvalue weighted by molar-refractivity contribution is -0.113. The minimum Gasteiger partial charge on any atom is -0.461 e. The Hall–Kier alpha value is -2.80. The summed E-state index contributed by atoms with van der Waals surface area (Å²) < 4.78 is 7.28. The van der Waals surface area contributed by atoms with E-state index in [9.17, 15) is 4.79 Å². The van der Waals surface area contributed by atoms with Crippen molar-refractivity contribution in [3.63, 3.8) is 0 Å². The molecule has 0 saturated carbocycles. The molecule has 3 rings (SSSR count). The van der Waals surface area contributed by atoms with E-state index in [1.165, 1.54) is 11.8 Å². The van der Waals surface area contributed by atoms with Gasteiger partial charge >= 0.3 is 0 Å². The highest BCUT2D eigenvalue weighted by molar-refractivity contribution is 7.99. The van der Waals surface area contributed by atoms with Crippen LogP contribution in [0.25, 0.3) is 11.6 Å². The van der Waals surface area contributed by atoms with Gasteiger partial charge in [0.05, 0.1) is 12.0 Å². The molecular weight excluding hydrogens is 348 g/mol. The van der Waals surface area contributed by atoms with Crippen molar-refractivity contribution in [1.82, 2.24) is 14.8 Å². The molecule has 0 saturated heterocycles. The molecular formula is C19H20N4O2S. The Balaban J connectivity index is 1.70. The van der Waals surface area contributed by atoms with Crippen molar-refractivity contribution in [2.45, 2.75) is 25.5 Å². The number of carbonyl (C=O) groups excluding carboxylic acids is 1. The summed E-state index contributed by atoms with van der Waals surface area (Å²) in [6.07, 6.45) is 3.35. The van der Waals surface area contributed by atoms with Crippen LogP contribution in [0.4, 0.5) is 5.69 Å². The van der Waals surface area contributed by atoms with E-state index in [-0.39, 0.29) is 11.7 Å². The molecule has 0 spiro atoms. The molecule has 0 aliphatic carbocycles. The van der Waals surface area contributed by atoms with Gasteiger partial charge in [0.1, 0.15) is 0 Å². The lowest BCUT2D eigenvalue weighted by atomic mass is 10.1. The standard InChI is InChI=1S/C19H20N4O2S/c1-4-10-23-18(16-9-6-11-25-16)21-22-19(23)26-12-17(24)20-15-8-5-7-13(2)14(15)3/h4-9,11H,1,10,12H2,2-3H3,(H,20,24). The summed E-state index contributed by atoms with van der Waals surface area (Å²) in [6.45, 7) is 8.32. The zero-order chi connectivity index (χ0) is 18.5. The highest BCUT2D eigenvalue weighted by Crippen LogP contribution is 2.25. The molecule has 1 amide bonds. The number of carbonyl (C=O) groups is 1. The molecule has 2 aromatic heterocycles. The molecule has 0 fully saturated rings. The summed E-state index contributed by atoms with van der Waals surface area (Å²) in [5, 5.41) is 12.0. The highest BCUT2D eigenvalue weighted by Gasteiger charge is 2.16. The molecule has 1 aromatic carbocycles. The van der Waals surface area contributed by atoms with Gasteiger partial charge in [-0.15, -0.1) is 16.8 Å². The summed E-state index contributed by atoms with van der Waals surface area (Å²) in [5.41, 5.74) is 3.05. The predicted octanol–water partition coefficient (Wildman–Crippen LogP) is 4.07. The van der Waals surface area contributed by atoms with Gasteiger partial charge in [0.15, 0.2) is 10.9 Å². The van der Waals surface area contributed by atoms with Gasteiger partial charge < -0.3 is 9.73 Å². The fourth-order valence-electron chi connectivity index (χ4n) is 2.48. The van der Waals surface area contributed by atoms with Crippen molar-refractivity contribution in [3.05, 3.63) is 60.4 Å². The number of aromatic nitrogens is 3. The number of nitrogens with one attached hydrogen (secondary N) is 1. The van der Waals surface area contributed by atoms with Gasteiger partial charge in [-0.3, -0.25) is 9.36 Å². The zero-order valence-corrected chi connectivity index (χ0v) is 15.5. The second-order valence-corrected chi connectivity index (χ2v) is 6.71. The maximum atomic E-state index is 12.3. The Morgan fingerprint density at radius 1 is 1.31 bits per heavy atom. The normalized spacial score (nSPS) is 10.7. The number of amides is 1. The first-order valence-corrected chi connectivity index (χ1v) is 9.15. The van der Waals surface area contributed by atoms with Crippen LogP contribution < -0.4 is 5.32 Å². The van der Waals surface area contributed by atoms with Gasteiger partial charge in [0.25, 0.3) is 0 Å². The second kappa shape index (κ2) is 8.05. The summed E-state index contributed by atoms with van der Waals surface area (Å²) in [5.74, 6) is 1.40. The van der Waals surface area contributed by atoms with Crippen molar-refractivity contribution in [3.8, 4) is 11.6 Å². The number of allylic oxidation sites excluding steroid dienone is 1. The Morgan fingerprint density at radius 3 is 2.88 bits per heavy atom. The van der Waals surface area contributed by atoms with Gasteiger partial charge in [-0.2, -0.15) is 0 Å². The van der Waals surface area contributed by atoms with Gasteiger partial charge in [0, 0.05) is 12.2 Å². The molecule has 0 radical (unpaired) electrons. The number of thioether (sulfide) groups is 1. The molecule has 2 heterocycles. The van der Waals surface area contributed by atoms with Gasteiger partial charge in [-0.05, 0) is 43.2 Å². The van der Waals surface area contributed by atoms with Crippen LogP contribution in [0.15, 0.2) is 58.8 Å². The van der Waals surface area contributed by atoms with Crippen LogP contribution in [0.2, 0.25) is 0 Å². The minimum atomic E-state index is -0.0867. The van der Waals surface area contributed by atoms with Crippen molar-refractivity contribution in [2.75, 3.05) is 11.1 Å². The van der Waals surface area contributed by atoms with Crippen LogP contribution in [0.1, 0.15) is 11.1 Å². The van der Waals surface area contributed by atoms with Crippen molar-refractivity contribution in [1.29, 1.82) is 0 Å². The second-order valence-electron chi connectivity index (χ2n) is 5.77. The summed E-state index contributed by atoms with van der Waals surface area (Å²) in [6, 6.07) is 9.48. The topological polar surface area (TPSA) is 73.0 Å². The van der Waals surface area contributed by atoms with Gasteiger partial charge in [-0.25, -0.2) is 0 Å². The van der Waals surface area contributed by atoms with E-state index < -0.39 is 0 Å². The first-order valence-electron chi connectivity index (χ1n) is 8.17. The van der Waals surface area contributed by atoms with Crippen molar-refractivity contribution < 1.29 is 9.21 Å². The Labute approximate surface area is 156 Å². The number of anilines is 1. The van der Waals surface area contributed by atoms with E-state index in [1.54, 1.807) is 18.4 Å². The van der Waals surface area contributed by atoms with Crippen LogP contribution in [-0.2, 0) is 11.3 Å². The number of benzene rings is 1. The number of hydrogen-bond acceptors (Lipinski definition) is 5. The monoisotopic (exact) mass is 368 g/mol. The van der Waals surface area contributed by atoms with Crippen LogP contribution in [-0.4, -0.2) is 26.4 Å². The average Bonchev–Trinajstić information content (AvgIpc) is 3.27. The van der Waals surface area contributed by atoms with Crippen LogP contribution in [0.3, 0.4) is 0 Å². The smallest absolute Gasteiger partial charge is 0.234 e. The highest BCUT2D eigenvalue weighted by atomic mass is 32.2. The molecule has 0 bridgehead atoms. The molecule has 134 valence electrons. The Kier molecular flexibility index (Phi) is 5.58. The molecule has 7 heteroatoms. The molecule has 1 N–H and O–H groups in total. The third-order valence-electron chi connectivity index (χ3n) is 3.98. The first kappa shape index (κ1) is 18.0. The minimum absolute atomic E-state index is 0.0867. The van der Waals surface area contributed by atoms with E-state index in [1.807, 2.05) is 42.7 Å². The SMILES string of the molecule is C=CCn1c(SCC(=O)Nc2cccc(C)c2C)nnc1-c1ccco1. The van der Waals surface area contributed by atoms with E-state index in [0.29, 0.717) is 23.3 Å². The van der Waals surface area contributed by atoms with Gasteiger partial charge in [-0.1, -0.05) is 30.0 Å². The molecule has 0 aliphatic heterocycles. The lowest BCUT2D eigenvalue weighted by Gasteiger charge is -2.10. The number of aryl methyl sites for hydroxylation is 1. The molecule has 26 heavy (non-hydrogen) atoms. The summed E-state index contributed by atoms with van der Waals surface area (Å²) in [4.78, 5) is 12.3. The molecule has 0 unspecified atom stereocenters. The predicted molar refractivity (Wildman–Crippen MR) is 103 cm³/mol. The Bertz CT molecular complexity index is 916. The molecule has 0 aliphatic rings. The van der Waals surface area contributed by atoms with E-state index in [2.05, 4.69) is 22.1 Å². The van der Waals surface area contributed by atoms with Crippen LogP contribution >= 0.6 is 11.8 Å². The lowest BCUT2D eigenvalue weighted by Crippen LogP contribution is -2.15. The van der Waals surface area contributed by atoms with E-state index in [4.69, 9.17) is 4.42 Å². The maximum Gasteiger partial charge on any atom is 0.234 e. The maximum absolute atomic E-state index is 12.3. The fraction of sp³-hybridized carbons (Fsp3) is 0.211. The van der Waals surface area contributed by atoms with Crippen molar-refractivity contribution in [2.24, 2.45) is 0 Å². The number of rotatable bonds is 7. The summed E-state index contributed by atoms with van der Waals surface area (Å²) >= 11 is 1.33. The van der Waals surface area contributed by atoms with E-state index in [0.717, 1.165) is 16.8 Å². The van der Waals surface area contributed by atoms with E-state index >= 15 is 0 Å². The number of nitrogens with zero attached hydrogens (tertiary/aromatic N) is 3. The molecule has 0 atom stereocenters. The third-order valence-corrected chi connectivity index (χ3v) is 4.95. The van der Waals surface area contributed by atoms with Crippen molar-refractivity contribution >= 4 is 23.4 Å². The van der Waals surface area contributed by atoms with Gasteiger partial charge in [0.2, 0.25) is 11.7 Å². The fourth-order valence-corrected chi connectivity index (χ4v) is 3.23. The van der Waals surface area contributed by atoms with Crippen LogP contribution in [0.5, 0.6) is 0 Å². The summed E-state index contributed by atoms with van der Waals surface area (Å²) in [7, 11) is 0. The largest absolute Gasteiger partial charge is 0.461 e. The molecule has 6 nitrogen and oxygen atoms in total. The number of furan rings is 1. The average molecular weight is 368 g/mol. The number of hydrogen-bond donors (Lipinski definition) is 1. The third kappa shape index (κ3) is 3.88. The van der Waals surface area contributed by atoms with Crippen LogP contribution in [0, 0.1) is 13.8 Å². The molecule has 3 aromatic rings.